The number of carboxylic acids is 2. The molecule has 1 atom stereocenters. The summed E-state index contributed by atoms with van der Waals surface area (Å²) in [4.78, 5) is 30.5. The number of hydrogen-bond donors (Lipinski definition) is 3. The highest BCUT2D eigenvalue weighted by atomic mass is 16.5. The minimum absolute atomic E-state index is 0.258. The molecule has 0 aliphatic rings. The van der Waals surface area contributed by atoms with Crippen molar-refractivity contribution >= 4 is 17.9 Å². The van der Waals surface area contributed by atoms with Gasteiger partial charge in [0.2, 0.25) is 0 Å². The molecule has 0 radical (unpaired) electrons. The Morgan fingerprint density at radius 1 is 0.889 bits per heavy atom. The molecular weight excluding hydrogens is 352 g/mol. The second kappa shape index (κ2) is 18.9. The monoisotopic (exact) mass is 388 g/mol. The molecule has 0 aliphatic heterocycles. The van der Waals surface area contributed by atoms with Crippen LogP contribution >= 0.6 is 0 Å². The quantitative estimate of drug-likeness (QED) is 0.221. The van der Waals surface area contributed by atoms with Crippen LogP contribution in [0.4, 0.5) is 0 Å². The lowest BCUT2D eigenvalue weighted by atomic mass is 10.1. The summed E-state index contributed by atoms with van der Waals surface area (Å²) in [7, 11) is 0. The lowest BCUT2D eigenvalue weighted by Gasteiger charge is -2.04. The van der Waals surface area contributed by atoms with Crippen molar-refractivity contribution in [3.05, 3.63) is 12.2 Å². The Hall–Kier alpha value is -1.89. The highest BCUT2D eigenvalue weighted by molar-refractivity contribution is 5.86. The number of carboxylic acid groups (broad SMARTS) is 2. The normalized spacial score (nSPS) is 11.1. The van der Waals surface area contributed by atoms with E-state index in [0.717, 1.165) is 6.42 Å². The van der Waals surface area contributed by atoms with Crippen LogP contribution in [0, 0.1) is 0 Å². The third kappa shape index (κ3) is 22.1. The number of esters is 1. The lowest BCUT2D eigenvalue weighted by molar-refractivity contribution is -0.152. The summed E-state index contributed by atoms with van der Waals surface area (Å²) in [5.74, 6) is -3.10. The summed E-state index contributed by atoms with van der Waals surface area (Å²) in [6.45, 7) is 8.03. The Bertz CT molecular complexity index is 432. The molecule has 0 saturated heterocycles. The fourth-order valence-electron chi connectivity index (χ4n) is 2.13. The van der Waals surface area contributed by atoms with Crippen LogP contribution in [0.5, 0.6) is 0 Å². The van der Waals surface area contributed by atoms with Crippen molar-refractivity contribution in [2.24, 2.45) is 0 Å². The number of rotatable bonds is 15. The summed E-state index contributed by atoms with van der Waals surface area (Å²) in [6, 6.07) is 0. The van der Waals surface area contributed by atoms with Crippen LogP contribution in [0.1, 0.15) is 84.5 Å². The molecule has 3 N–H and O–H groups in total. The molecule has 0 aromatic rings. The maximum Gasteiger partial charge on any atom is 0.333 e. The minimum Gasteiger partial charge on any atom is -0.481 e. The molecule has 0 heterocycles. The van der Waals surface area contributed by atoms with Crippen LogP contribution in [-0.2, 0) is 19.1 Å². The van der Waals surface area contributed by atoms with Gasteiger partial charge in [0.1, 0.15) is 0 Å². The van der Waals surface area contributed by atoms with Gasteiger partial charge in [0.25, 0.3) is 0 Å². The van der Waals surface area contributed by atoms with E-state index in [2.05, 4.69) is 13.5 Å². The van der Waals surface area contributed by atoms with Gasteiger partial charge in [-0.15, -0.1) is 0 Å². The molecule has 158 valence electrons. The van der Waals surface area contributed by atoms with Crippen molar-refractivity contribution in [2.75, 3.05) is 6.61 Å². The predicted molar refractivity (Wildman–Crippen MR) is 104 cm³/mol. The van der Waals surface area contributed by atoms with E-state index in [1.807, 2.05) is 0 Å². The number of ether oxygens (including phenoxy) is 1. The van der Waals surface area contributed by atoms with Crippen molar-refractivity contribution in [2.45, 2.75) is 90.6 Å². The van der Waals surface area contributed by atoms with Gasteiger partial charge in [-0.1, -0.05) is 71.3 Å². The molecule has 0 spiro atoms. The van der Waals surface area contributed by atoms with Crippen molar-refractivity contribution in [1.82, 2.24) is 0 Å². The van der Waals surface area contributed by atoms with E-state index >= 15 is 0 Å². The smallest absolute Gasteiger partial charge is 0.333 e. The summed E-state index contributed by atoms with van der Waals surface area (Å²) in [5, 5.41) is 24.1. The zero-order valence-corrected chi connectivity index (χ0v) is 16.7. The summed E-state index contributed by atoms with van der Waals surface area (Å²) in [6.07, 6.45) is 10.4. The molecule has 0 bridgehead atoms. The number of unbranched alkanes of at least 4 members (excludes halogenated alkanes) is 9. The van der Waals surface area contributed by atoms with Gasteiger partial charge in [-0.3, -0.25) is 4.79 Å². The lowest BCUT2D eigenvalue weighted by Crippen LogP contribution is -2.22. The number of carbonyl (C=O) groups excluding carboxylic acids is 1. The second-order valence-electron chi connectivity index (χ2n) is 6.55. The highest BCUT2D eigenvalue weighted by Gasteiger charge is 2.16. The summed E-state index contributed by atoms with van der Waals surface area (Å²) >= 11 is 0. The maximum atomic E-state index is 11.1. The van der Waals surface area contributed by atoms with Crippen LogP contribution in [0.3, 0.4) is 0 Å². The van der Waals surface area contributed by atoms with Gasteiger partial charge < -0.3 is 20.1 Å². The van der Waals surface area contributed by atoms with E-state index in [1.165, 1.54) is 57.8 Å². The SMILES string of the molecule is C=C(C)C(=O)OCCCCCCCCCCCC.O=C(O)CC(O)C(=O)O. The number of hydrogen-bond acceptors (Lipinski definition) is 5. The minimum atomic E-state index is -1.79. The molecule has 0 amide bonds. The Kier molecular flexibility index (Phi) is 19.1. The van der Waals surface area contributed by atoms with Gasteiger partial charge in [-0.2, -0.15) is 0 Å². The molecule has 7 heteroatoms. The largest absolute Gasteiger partial charge is 0.481 e. The van der Waals surface area contributed by atoms with Crippen LogP contribution in [0.15, 0.2) is 12.2 Å². The second-order valence-corrected chi connectivity index (χ2v) is 6.55. The molecule has 1 unspecified atom stereocenters. The number of carbonyl (C=O) groups is 3. The Balaban J connectivity index is 0. The predicted octanol–water partition coefficient (Wildman–Crippen LogP) is 3.93. The van der Waals surface area contributed by atoms with Crippen LogP contribution in [0.25, 0.3) is 0 Å². The van der Waals surface area contributed by atoms with E-state index in [-0.39, 0.29) is 5.97 Å². The highest BCUT2D eigenvalue weighted by Crippen LogP contribution is 2.10. The van der Waals surface area contributed by atoms with Crippen LogP contribution in [-0.4, -0.2) is 45.9 Å². The van der Waals surface area contributed by atoms with Crippen molar-refractivity contribution < 1.29 is 34.4 Å². The van der Waals surface area contributed by atoms with E-state index < -0.39 is 24.5 Å². The zero-order chi connectivity index (χ0) is 21.1. The third-order valence-electron chi connectivity index (χ3n) is 3.73. The molecule has 0 aliphatic carbocycles. The van der Waals surface area contributed by atoms with Gasteiger partial charge in [0.15, 0.2) is 6.10 Å². The first kappa shape index (κ1) is 27.3. The summed E-state index contributed by atoms with van der Waals surface area (Å²) < 4.78 is 5.04. The van der Waals surface area contributed by atoms with Gasteiger partial charge in [-0.05, 0) is 13.3 Å². The Labute approximate surface area is 162 Å². The van der Waals surface area contributed by atoms with E-state index in [9.17, 15) is 14.4 Å². The molecule has 7 nitrogen and oxygen atoms in total. The maximum absolute atomic E-state index is 11.1. The number of aliphatic hydroxyl groups is 1. The molecule has 0 aromatic carbocycles. The fraction of sp³-hybridized carbons (Fsp3) is 0.750. The van der Waals surface area contributed by atoms with E-state index in [4.69, 9.17) is 20.1 Å². The Morgan fingerprint density at radius 3 is 1.67 bits per heavy atom. The summed E-state index contributed by atoms with van der Waals surface area (Å²) in [5.41, 5.74) is 0.488. The number of aliphatic hydroxyl groups excluding tert-OH is 1. The molecular formula is C20H36O7. The standard InChI is InChI=1S/C16H30O2.C4H6O5/c1-4-5-6-7-8-9-10-11-12-13-14-18-16(17)15(2)3;5-2(4(8)9)1-3(6)7/h2,4-14H2,1,3H3;2,5H,1H2,(H,6,7)(H,8,9). The molecule has 27 heavy (non-hydrogen) atoms. The first-order valence-electron chi connectivity index (χ1n) is 9.67. The zero-order valence-electron chi connectivity index (χ0n) is 16.7. The first-order valence-corrected chi connectivity index (χ1v) is 9.67. The van der Waals surface area contributed by atoms with Gasteiger partial charge in [-0.25, -0.2) is 9.59 Å². The van der Waals surface area contributed by atoms with Gasteiger partial charge in [0.05, 0.1) is 13.0 Å². The van der Waals surface area contributed by atoms with Crippen LogP contribution in [0.2, 0.25) is 0 Å². The van der Waals surface area contributed by atoms with Crippen LogP contribution < -0.4 is 0 Å². The third-order valence-corrected chi connectivity index (χ3v) is 3.73. The van der Waals surface area contributed by atoms with Crippen molar-refractivity contribution in [3.8, 4) is 0 Å². The molecule has 0 saturated carbocycles. The molecule has 0 aromatic heterocycles. The molecule has 0 fully saturated rings. The fourth-order valence-corrected chi connectivity index (χ4v) is 2.13. The molecule has 0 rings (SSSR count). The number of aliphatic carboxylic acids is 2. The first-order chi connectivity index (χ1) is 12.7. The Morgan fingerprint density at radius 2 is 1.33 bits per heavy atom. The van der Waals surface area contributed by atoms with Crippen molar-refractivity contribution in [1.29, 1.82) is 0 Å². The average Bonchev–Trinajstić information content (AvgIpc) is 2.59. The average molecular weight is 389 g/mol. The van der Waals surface area contributed by atoms with E-state index in [1.54, 1.807) is 6.92 Å². The van der Waals surface area contributed by atoms with E-state index in [0.29, 0.717) is 12.2 Å². The topological polar surface area (TPSA) is 121 Å². The van der Waals surface area contributed by atoms with Gasteiger partial charge >= 0.3 is 17.9 Å². The van der Waals surface area contributed by atoms with Crippen molar-refractivity contribution in [3.63, 3.8) is 0 Å². The van der Waals surface area contributed by atoms with Gasteiger partial charge in [0, 0.05) is 5.57 Å².